The molecular formula is C9H14N2S. The van der Waals surface area contributed by atoms with Crippen LogP contribution >= 0.6 is 11.8 Å². The van der Waals surface area contributed by atoms with Crippen LogP contribution in [0.4, 0.5) is 0 Å². The van der Waals surface area contributed by atoms with E-state index in [9.17, 15) is 0 Å². The van der Waals surface area contributed by atoms with E-state index in [4.69, 9.17) is 11.5 Å². The molecule has 0 atom stereocenters. The molecule has 1 aromatic rings. The number of thioether (sulfide) groups is 1. The van der Waals surface area contributed by atoms with Crippen molar-refractivity contribution < 1.29 is 0 Å². The van der Waals surface area contributed by atoms with Crippen molar-refractivity contribution >= 4 is 11.8 Å². The minimum Gasteiger partial charge on any atom is -0.315 e. The van der Waals surface area contributed by atoms with E-state index in [0.717, 1.165) is 11.5 Å². The van der Waals surface area contributed by atoms with Crippen LogP contribution in [0.15, 0.2) is 30.3 Å². The summed E-state index contributed by atoms with van der Waals surface area (Å²) < 4.78 is 0. The maximum absolute atomic E-state index is 5.41. The van der Waals surface area contributed by atoms with E-state index in [1.54, 1.807) is 11.8 Å². The smallest absolute Gasteiger partial charge is 0.0614 e. The van der Waals surface area contributed by atoms with Gasteiger partial charge in [0.25, 0.3) is 0 Å². The number of hydrogen-bond acceptors (Lipinski definition) is 3. The number of nitrogens with two attached hydrogens (primary N) is 2. The SMILES string of the molecule is NC(N)CSCc1ccccc1. The Bertz CT molecular complexity index is 211. The van der Waals surface area contributed by atoms with Crippen LogP contribution in [0, 0.1) is 0 Å². The molecule has 3 heteroatoms. The fourth-order valence-electron chi connectivity index (χ4n) is 0.887. The summed E-state index contributed by atoms with van der Waals surface area (Å²) in [5.41, 5.74) is 12.1. The van der Waals surface area contributed by atoms with Gasteiger partial charge in [-0.1, -0.05) is 30.3 Å². The van der Waals surface area contributed by atoms with Gasteiger partial charge >= 0.3 is 0 Å². The van der Waals surface area contributed by atoms with Gasteiger partial charge < -0.3 is 11.5 Å². The van der Waals surface area contributed by atoms with Gasteiger partial charge in [0.15, 0.2) is 0 Å². The molecule has 0 aliphatic heterocycles. The second-order valence-corrected chi connectivity index (χ2v) is 3.69. The summed E-state index contributed by atoms with van der Waals surface area (Å²) in [6, 6.07) is 10.3. The van der Waals surface area contributed by atoms with Crippen LogP contribution < -0.4 is 11.5 Å². The van der Waals surface area contributed by atoms with Crippen molar-refractivity contribution in [1.82, 2.24) is 0 Å². The Morgan fingerprint density at radius 2 is 1.83 bits per heavy atom. The first-order valence-corrected chi connectivity index (χ1v) is 5.07. The summed E-state index contributed by atoms with van der Waals surface area (Å²) in [6.07, 6.45) is -0.196. The molecule has 0 saturated heterocycles. The zero-order valence-electron chi connectivity index (χ0n) is 6.94. The molecule has 1 rings (SSSR count). The quantitative estimate of drug-likeness (QED) is 0.687. The molecule has 4 N–H and O–H groups in total. The van der Waals surface area contributed by atoms with Crippen molar-refractivity contribution in [2.24, 2.45) is 11.5 Å². The van der Waals surface area contributed by atoms with E-state index in [0.29, 0.717) is 0 Å². The number of rotatable bonds is 4. The van der Waals surface area contributed by atoms with E-state index in [1.807, 2.05) is 18.2 Å². The van der Waals surface area contributed by atoms with Gasteiger partial charge in [-0.15, -0.1) is 0 Å². The average Bonchev–Trinajstić information content (AvgIpc) is 2.05. The molecule has 0 bridgehead atoms. The van der Waals surface area contributed by atoms with E-state index in [2.05, 4.69) is 12.1 Å². The molecule has 0 unspecified atom stereocenters. The lowest BCUT2D eigenvalue weighted by atomic mass is 10.2. The van der Waals surface area contributed by atoms with Crippen LogP contribution in [0.1, 0.15) is 5.56 Å². The first kappa shape index (κ1) is 9.58. The van der Waals surface area contributed by atoms with Crippen LogP contribution in [0.5, 0.6) is 0 Å². The molecule has 0 aromatic heterocycles. The van der Waals surface area contributed by atoms with Gasteiger partial charge in [0.2, 0.25) is 0 Å². The standard InChI is InChI=1S/C9H14N2S/c10-9(11)7-12-6-8-4-2-1-3-5-8/h1-5,9H,6-7,10-11H2. The predicted molar refractivity (Wildman–Crippen MR) is 54.8 cm³/mol. The maximum Gasteiger partial charge on any atom is 0.0614 e. The number of hydrogen-bond donors (Lipinski definition) is 2. The first-order valence-electron chi connectivity index (χ1n) is 3.92. The summed E-state index contributed by atoms with van der Waals surface area (Å²) >= 11 is 1.76. The molecule has 1 aromatic carbocycles. The van der Waals surface area contributed by atoms with E-state index < -0.39 is 0 Å². The monoisotopic (exact) mass is 182 g/mol. The lowest BCUT2D eigenvalue weighted by Crippen LogP contribution is -2.32. The van der Waals surface area contributed by atoms with Gasteiger partial charge in [-0.3, -0.25) is 0 Å². The van der Waals surface area contributed by atoms with Crippen LogP contribution in [0.25, 0.3) is 0 Å². The molecule has 0 radical (unpaired) electrons. The average molecular weight is 182 g/mol. The zero-order valence-corrected chi connectivity index (χ0v) is 7.76. The molecular weight excluding hydrogens is 168 g/mol. The summed E-state index contributed by atoms with van der Waals surface area (Å²) in [4.78, 5) is 0. The van der Waals surface area contributed by atoms with Crippen molar-refractivity contribution in [2.75, 3.05) is 5.75 Å². The van der Waals surface area contributed by atoms with Crippen molar-refractivity contribution in [3.63, 3.8) is 0 Å². The van der Waals surface area contributed by atoms with Gasteiger partial charge in [0.05, 0.1) is 6.17 Å². The van der Waals surface area contributed by atoms with Crippen molar-refractivity contribution in [2.45, 2.75) is 11.9 Å². The summed E-state index contributed by atoms with van der Waals surface area (Å²) in [5, 5.41) is 0. The predicted octanol–water partition coefficient (Wildman–Crippen LogP) is 1.16. The van der Waals surface area contributed by atoms with Gasteiger partial charge in [-0.25, -0.2) is 0 Å². The van der Waals surface area contributed by atoms with Gasteiger partial charge in [-0.05, 0) is 5.56 Å². The Labute approximate surface area is 77.3 Å². The second kappa shape index (κ2) is 5.19. The largest absolute Gasteiger partial charge is 0.315 e. The Morgan fingerprint density at radius 1 is 1.17 bits per heavy atom. The topological polar surface area (TPSA) is 52.0 Å². The minimum atomic E-state index is -0.196. The van der Waals surface area contributed by atoms with E-state index in [-0.39, 0.29) is 6.17 Å². The summed E-state index contributed by atoms with van der Waals surface area (Å²) in [5.74, 6) is 1.81. The zero-order chi connectivity index (χ0) is 8.81. The molecule has 12 heavy (non-hydrogen) atoms. The lowest BCUT2D eigenvalue weighted by Gasteiger charge is -2.04. The summed E-state index contributed by atoms with van der Waals surface area (Å²) in [6.45, 7) is 0. The fourth-order valence-corrected chi connectivity index (χ4v) is 1.71. The third kappa shape index (κ3) is 3.76. The highest BCUT2D eigenvalue weighted by Crippen LogP contribution is 2.10. The molecule has 0 saturated carbocycles. The van der Waals surface area contributed by atoms with E-state index >= 15 is 0 Å². The maximum atomic E-state index is 5.41. The lowest BCUT2D eigenvalue weighted by molar-refractivity contribution is 0.802. The Morgan fingerprint density at radius 3 is 2.42 bits per heavy atom. The highest BCUT2D eigenvalue weighted by molar-refractivity contribution is 7.98. The van der Waals surface area contributed by atoms with Gasteiger partial charge in [-0.2, -0.15) is 11.8 Å². The van der Waals surface area contributed by atoms with Gasteiger partial charge in [0, 0.05) is 11.5 Å². The Kier molecular flexibility index (Phi) is 4.14. The van der Waals surface area contributed by atoms with E-state index in [1.165, 1.54) is 5.56 Å². The molecule has 2 nitrogen and oxygen atoms in total. The van der Waals surface area contributed by atoms with Crippen LogP contribution in [-0.2, 0) is 5.75 Å². The Balaban J connectivity index is 2.25. The van der Waals surface area contributed by atoms with Gasteiger partial charge in [0.1, 0.15) is 0 Å². The third-order valence-electron chi connectivity index (χ3n) is 1.42. The normalized spacial score (nSPS) is 10.6. The molecule has 0 heterocycles. The van der Waals surface area contributed by atoms with Crippen molar-refractivity contribution in [1.29, 1.82) is 0 Å². The number of benzene rings is 1. The van der Waals surface area contributed by atoms with Crippen molar-refractivity contribution in [3.05, 3.63) is 35.9 Å². The highest BCUT2D eigenvalue weighted by atomic mass is 32.2. The molecule has 0 amide bonds. The van der Waals surface area contributed by atoms with Crippen molar-refractivity contribution in [3.8, 4) is 0 Å². The minimum absolute atomic E-state index is 0.196. The molecule has 66 valence electrons. The van der Waals surface area contributed by atoms with Crippen LogP contribution in [0.3, 0.4) is 0 Å². The highest BCUT2D eigenvalue weighted by Gasteiger charge is 1.95. The summed E-state index contributed by atoms with van der Waals surface area (Å²) in [7, 11) is 0. The molecule has 0 fully saturated rings. The third-order valence-corrected chi connectivity index (χ3v) is 2.58. The fraction of sp³-hybridized carbons (Fsp3) is 0.333. The Hall–Kier alpha value is -0.510. The second-order valence-electron chi connectivity index (χ2n) is 2.66. The van der Waals surface area contributed by atoms with Crippen LogP contribution in [0.2, 0.25) is 0 Å². The molecule has 0 spiro atoms. The first-order chi connectivity index (χ1) is 5.79. The molecule has 0 aliphatic rings. The van der Waals surface area contributed by atoms with Crippen LogP contribution in [-0.4, -0.2) is 11.9 Å². The molecule has 0 aliphatic carbocycles.